The van der Waals surface area contributed by atoms with Crippen molar-refractivity contribution in [2.45, 2.75) is 44.9 Å². The van der Waals surface area contributed by atoms with E-state index in [0.717, 1.165) is 6.42 Å². The standard InChI is InChI=1S/C16H23IN2/c1-11(2)16(3)10-9-13-12-7-5-6-8-14(12)19(17)15(13)18(16)4/h5-7,9-11,13-15H,8H2,1-4H3/t13?,14?,15?,16-/m1/s1. The molecule has 0 amide bonds. The quantitative estimate of drug-likeness (QED) is 0.394. The fraction of sp³-hybridized carbons (Fsp3) is 0.625. The number of fused-ring (bicyclic) bond motifs is 3. The number of allylic oxidation sites excluding steroid dienone is 2. The van der Waals surface area contributed by atoms with E-state index in [-0.39, 0.29) is 5.54 Å². The molecule has 0 radical (unpaired) electrons. The second kappa shape index (κ2) is 4.71. The number of rotatable bonds is 1. The first kappa shape index (κ1) is 13.8. The van der Waals surface area contributed by atoms with Crippen molar-refractivity contribution >= 4 is 22.9 Å². The minimum Gasteiger partial charge on any atom is -0.280 e. The summed E-state index contributed by atoms with van der Waals surface area (Å²) in [6.45, 7) is 7.01. The van der Waals surface area contributed by atoms with Crippen LogP contribution in [0.15, 0.2) is 36.0 Å². The van der Waals surface area contributed by atoms with Crippen molar-refractivity contribution in [3.8, 4) is 0 Å². The third-order valence-corrected chi connectivity index (χ3v) is 6.64. The molecule has 3 rings (SSSR count). The Bertz CT molecular complexity index is 465. The normalized spacial score (nSPS) is 42.4. The van der Waals surface area contributed by atoms with Crippen LogP contribution in [0.5, 0.6) is 0 Å². The van der Waals surface area contributed by atoms with Gasteiger partial charge in [-0.15, -0.1) is 0 Å². The van der Waals surface area contributed by atoms with E-state index in [1.807, 2.05) is 0 Å². The molecule has 104 valence electrons. The summed E-state index contributed by atoms with van der Waals surface area (Å²) < 4.78 is 2.54. The molecule has 0 N–H and O–H groups in total. The first-order valence-electron chi connectivity index (χ1n) is 7.20. The third kappa shape index (κ3) is 1.88. The molecule has 0 spiro atoms. The van der Waals surface area contributed by atoms with Gasteiger partial charge in [-0.05, 0) is 31.9 Å². The maximum Gasteiger partial charge on any atom is 0.0827 e. The van der Waals surface area contributed by atoms with Crippen LogP contribution in [0.2, 0.25) is 0 Å². The average Bonchev–Trinajstić information content (AvgIpc) is 2.68. The molecule has 0 aromatic rings. The lowest BCUT2D eigenvalue weighted by Gasteiger charge is -2.49. The molecule has 3 aliphatic rings. The first-order valence-corrected chi connectivity index (χ1v) is 8.16. The van der Waals surface area contributed by atoms with Crippen molar-refractivity contribution in [3.63, 3.8) is 0 Å². The Balaban J connectivity index is 2.02. The Hall–Kier alpha value is -0.130. The van der Waals surface area contributed by atoms with E-state index in [1.54, 1.807) is 5.57 Å². The lowest BCUT2D eigenvalue weighted by Crippen LogP contribution is -2.58. The minimum absolute atomic E-state index is 0.159. The van der Waals surface area contributed by atoms with Crippen LogP contribution in [0.4, 0.5) is 0 Å². The van der Waals surface area contributed by atoms with Gasteiger partial charge in [0, 0.05) is 40.4 Å². The van der Waals surface area contributed by atoms with Gasteiger partial charge < -0.3 is 0 Å². The summed E-state index contributed by atoms with van der Waals surface area (Å²) in [5.41, 5.74) is 1.75. The van der Waals surface area contributed by atoms with Gasteiger partial charge >= 0.3 is 0 Å². The van der Waals surface area contributed by atoms with E-state index in [4.69, 9.17) is 0 Å². The molecule has 0 saturated carbocycles. The molecule has 0 bridgehead atoms. The van der Waals surface area contributed by atoms with Gasteiger partial charge in [0.1, 0.15) is 0 Å². The maximum absolute atomic E-state index is 2.58. The van der Waals surface area contributed by atoms with Crippen molar-refractivity contribution in [1.29, 1.82) is 0 Å². The Morgan fingerprint density at radius 2 is 2.16 bits per heavy atom. The van der Waals surface area contributed by atoms with Crippen molar-refractivity contribution in [3.05, 3.63) is 36.0 Å². The summed E-state index contributed by atoms with van der Waals surface area (Å²) in [5, 5.41) is 0. The van der Waals surface area contributed by atoms with Crippen molar-refractivity contribution in [1.82, 2.24) is 8.01 Å². The van der Waals surface area contributed by atoms with Gasteiger partial charge in [0.2, 0.25) is 0 Å². The predicted octanol–water partition coefficient (Wildman–Crippen LogP) is 3.77. The highest BCUT2D eigenvalue weighted by Crippen LogP contribution is 2.47. The van der Waals surface area contributed by atoms with E-state index in [1.165, 1.54) is 0 Å². The molecule has 2 nitrogen and oxygen atoms in total. The molecule has 1 aliphatic carbocycles. The summed E-state index contributed by atoms with van der Waals surface area (Å²) in [6, 6.07) is 0.585. The summed E-state index contributed by atoms with van der Waals surface area (Å²) in [7, 11) is 2.29. The zero-order valence-electron chi connectivity index (χ0n) is 12.2. The lowest BCUT2D eigenvalue weighted by atomic mass is 9.79. The van der Waals surface area contributed by atoms with Gasteiger partial charge in [-0.2, -0.15) is 0 Å². The maximum atomic E-state index is 2.58. The van der Waals surface area contributed by atoms with Crippen LogP contribution in [0.25, 0.3) is 0 Å². The first-order chi connectivity index (χ1) is 8.97. The molecule has 2 heterocycles. The van der Waals surface area contributed by atoms with E-state index in [9.17, 15) is 0 Å². The summed E-state index contributed by atoms with van der Waals surface area (Å²) in [6.07, 6.45) is 13.4. The van der Waals surface area contributed by atoms with Crippen LogP contribution in [-0.4, -0.2) is 32.8 Å². The van der Waals surface area contributed by atoms with Gasteiger partial charge in [-0.1, -0.05) is 44.2 Å². The molecule has 3 unspecified atom stereocenters. The molecule has 3 heteroatoms. The van der Waals surface area contributed by atoms with Crippen LogP contribution in [0.1, 0.15) is 27.2 Å². The predicted molar refractivity (Wildman–Crippen MR) is 88.9 cm³/mol. The molecular weight excluding hydrogens is 347 g/mol. The molecular formula is C16H23IN2. The van der Waals surface area contributed by atoms with Crippen LogP contribution in [0.3, 0.4) is 0 Å². The topological polar surface area (TPSA) is 6.48 Å². The summed E-state index contributed by atoms with van der Waals surface area (Å²) >= 11 is 2.54. The molecule has 2 aliphatic heterocycles. The Morgan fingerprint density at radius 3 is 2.84 bits per heavy atom. The highest BCUT2D eigenvalue weighted by Gasteiger charge is 2.51. The average molecular weight is 370 g/mol. The SMILES string of the molecule is CC(C)[C@@]1(C)C=CC2C3=CC=CCC3N(I)C2N1C. The number of hydrogen-bond donors (Lipinski definition) is 0. The van der Waals surface area contributed by atoms with Crippen molar-refractivity contribution < 1.29 is 0 Å². The zero-order chi connectivity index (χ0) is 13.8. The van der Waals surface area contributed by atoms with E-state index >= 15 is 0 Å². The smallest absolute Gasteiger partial charge is 0.0827 e. The van der Waals surface area contributed by atoms with Crippen LogP contribution < -0.4 is 0 Å². The van der Waals surface area contributed by atoms with Crippen molar-refractivity contribution in [2.75, 3.05) is 7.05 Å². The molecule has 1 saturated heterocycles. The zero-order valence-corrected chi connectivity index (χ0v) is 14.3. The fourth-order valence-corrected chi connectivity index (χ4v) is 4.91. The van der Waals surface area contributed by atoms with Gasteiger partial charge in [-0.3, -0.25) is 4.90 Å². The van der Waals surface area contributed by atoms with Crippen LogP contribution >= 0.6 is 22.9 Å². The second-order valence-electron chi connectivity index (χ2n) is 6.48. The Kier molecular flexibility index (Phi) is 3.43. The van der Waals surface area contributed by atoms with E-state index in [0.29, 0.717) is 24.0 Å². The van der Waals surface area contributed by atoms with Crippen LogP contribution in [0, 0.1) is 11.8 Å². The molecule has 19 heavy (non-hydrogen) atoms. The van der Waals surface area contributed by atoms with E-state index < -0.39 is 0 Å². The van der Waals surface area contributed by atoms with Gasteiger partial charge in [-0.25, -0.2) is 3.11 Å². The monoisotopic (exact) mass is 370 g/mol. The van der Waals surface area contributed by atoms with Crippen LogP contribution in [-0.2, 0) is 0 Å². The third-order valence-electron chi connectivity index (χ3n) is 5.39. The highest BCUT2D eigenvalue weighted by atomic mass is 127. The largest absolute Gasteiger partial charge is 0.280 e. The molecule has 0 aromatic carbocycles. The van der Waals surface area contributed by atoms with Gasteiger partial charge in [0.15, 0.2) is 0 Å². The highest BCUT2D eigenvalue weighted by molar-refractivity contribution is 14.1. The van der Waals surface area contributed by atoms with Gasteiger partial charge in [0.25, 0.3) is 0 Å². The fourth-order valence-electron chi connectivity index (χ4n) is 3.64. The summed E-state index contributed by atoms with van der Waals surface area (Å²) in [5.74, 6) is 1.18. The number of nitrogens with zero attached hydrogens (tertiary/aromatic N) is 2. The number of likely N-dealkylation sites (N-methyl/N-ethyl adjacent to an activating group) is 1. The lowest BCUT2D eigenvalue weighted by molar-refractivity contribution is 0.0271. The second-order valence-corrected chi connectivity index (χ2v) is 7.59. The Labute approximate surface area is 130 Å². The van der Waals surface area contributed by atoms with Gasteiger partial charge in [0.05, 0.1) is 6.17 Å². The molecule has 0 aromatic heterocycles. The number of halogens is 1. The number of hydrogen-bond acceptors (Lipinski definition) is 2. The Morgan fingerprint density at radius 1 is 1.42 bits per heavy atom. The van der Waals surface area contributed by atoms with E-state index in [2.05, 4.69) is 89.1 Å². The molecule has 4 atom stereocenters. The minimum atomic E-state index is 0.159. The summed E-state index contributed by atoms with van der Waals surface area (Å²) in [4.78, 5) is 2.58. The van der Waals surface area contributed by atoms with Crippen molar-refractivity contribution in [2.24, 2.45) is 11.8 Å². The molecule has 1 fully saturated rings.